The van der Waals surface area contributed by atoms with Crippen LogP contribution in [0, 0.1) is 0 Å². The third-order valence-electron chi connectivity index (χ3n) is 6.35. The molecule has 0 saturated heterocycles. The van der Waals surface area contributed by atoms with Gasteiger partial charge in [-0.25, -0.2) is 0 Å². The number of allylic oxidation sites excluding steroid dienone is 26. The maximum Gasteiger partial charge on any atom is 0.0698 e. The third kappa shape index (κ3) is 12.4. The molecule has 1 heteroatoms. The number of hydrogen-bond donors (Lipinski definition) is 0. The van der Waals surface area contributed by atoms with Crippen LogP contribution < -0.4 is 0 Å². The topological polar surface area (TPSA) is 12.4 Å². The summed E-state index contributed by atoms with van der Waals surface area (Å²) in [5.74, 6) is 0. The van der Waals surface area contributed by atoms with Crippen LogP contribution in [0.15, 0.2) is 198 Å². The average molecular weight is 556 g/mol. The van der Waals surface area contributed by atoms with Crippen molar-refractivity contribution < 1.29 is 0 Å². The van der Waals surface area contributed by atoms with Crippen LogP contribution in [0.1, 0.15) is 53.4 Å². The Labute approximate surface area is 256 Å². The highest BCUT2D eigenvalue weighted by atomic mass is 14.7. The van der Waals surface area contributed by atoms with Gasteiger partial charge in [-0.05, 0) is 92.0 Å². The molecule has 0 saturated carbocycles. The van der Waals surface area contributed by atoms with E-state index in [0.717, 1.165) is 64.8 Å². The van der Waals surface area contributed by atoms with Crippen LogP contribution in [0.5, 0.6) is 0 Å². The summed E-state index contributed by atoms with van der Waals surface area (Å²) >= 11 is 0. The first-order valence-corrected chi connectivity index (χ1v) is 14.6. The maximum atomic E-state index is 4.44. The fraction of sp³-hybridized carbons (Fsp3) is 0.195. The number of hydrogen-bond acceptors (Lipinski definition) is 1. The summed E-state index contributed by atoms with van der Waals surface area (Å²) in [6.45, 7) is 28.6. The zero-order valence-corrected chi connectivity index (χ0v) is 26.3. The predicted molar refractivity (Wildman–Crippen MR) is 192 cm³/mol. The summed E-state index contributed by atoms with van der Waals surface area (Å²) in [7, 11) is 0. The Morgan fingerprint density at radius 2 is 1.69 bits per heavy atom. The number of nitrogens with zero attached hydrogens (tertiary/aromatic N) is 1. The molecular weight excluding hydrogens is 506 g/mol. The Morgan fingerprint density at radius 1 is 0.929 bits per heavy atom. The van der Waals surface area contributed by atoms with Crippen LogP contribution in [-0.4, -0.2) is 5.71 Å². The molecule has 42 heavy (non-hydrogen) atoms. The lowest BCUT2D eigenvalue weighted by atomic mass is 9.84. The van der Waals surface area contributed by atoms with E-state index in [1.165, 1.54) is 11.1 Å². The molecule has 0 atom stereocenters. The molecule has 0 N–H and O–H groups in total. The van der Waals surface area contributed by atoms with Gasteiger partial charge in [-0.1, -0.05) is 148 Å². The van der Waals surface area contributed by atoms with E-state index in [-0.39, 0.29) is 0 Å². The first-order chi connectivity index (χ1) is 20.4. The van der Waals surface area contributed by atoms with Gasteiger partial charge in [0.05, 0.1) is 5.71 Å². The third-order valence-corrected chi connectivity index (χ3v) is 6.35. The Bertz CT molecular complexity index is 1360. The SMILES string of the molecule is C=C\C=C/C(C(=C)C)=C(C(/C=C\C)=C(/CC)CC\C=C/C(=C\C=C)C(/C=C\C)=N\C=C)\C1=C\C(=C)/C=C\C=C/C\C=C/1. The van der Waals surface area contributed by atoms with E-state index >= 15 is 0 Å². The van der Waals surface area contributed by atoms with Crippen molar-refractivity contribution in [2.75, 3.05) is 0 Å². The molecule has 0 spiro atoms. The van der Waals surface area contributed by atoms with Crippen molar-refractivity contribution in [2.45, 2.75) is 53.4 Å². The second-order valence-electron chi connectivity index (χ2n) is 9.63. The van der Waals surface area contributed by atoms with E-state index in [4.69, 9.17) is 0 Å². The standard InChI is InChI=1S/C41H49N/c1-10-16-31-38(33(7)8)41(37-30-21-19-17-18-20-27-34(9)32-37)39(25-12-3)35(14-5)28-22-23-29-36(24-11-2)40(26-13-4)42-15-6/h10-13,15-18,20-21,23-27,29-32H,1-2,6-7,9,14,19,22,28H2,3-5,8H3/b18-17-,25-12-,26-13-,27-20-,29-23-,30-21-,31-16-,36-24+,37-32+,39-35-,41-38-,42-40-. The molecule has 0 aromatic rings. The van der Waals surface area contributed by atoms with Crippen molar-refractivity contribution in [3.63, 3.8) is 0 Å². The first-order valence-electron chi connectivity index (χ1n) is 14.6. The molecule has 218 valence electrons. The van der Waals surface area contributed by atoms with Crippen molar-refractivity contribution >= 4 is 5.71 Å². The minimum absolute atomic E-state index is 0.853. The molecule has 0 radical (unpaired) electrons. The van der Waals surface area contributed by atoms with E-state index in [2.05, 4.69) is 119 Å². The van der Waals surface area contributed by atoms with E-state index in [9.17, 15) is 0 Å². The van der Waals surface area contributed by atoms with E-state index in [0.29, 0.717) is 0 Å². The monoisotopic (exact) mass is 555 g/mol. The van der Waals surface area contributed by atoms with Crippen LogP contribution in [0.4, 0.5) is 0 Å². The Balaban J connectivity index is 3.84. The summed E-state index contributed by atoms with van der Waals surface area (Å²) in [6.07, 6.45) is 42.3. The van der Waals surface area contributed by atoms with Crippen molar-refractivity contribution in [1.82, 2.24) is 0 Å². The Hall–Kier alpha value is -4.49. The maximum absolute atomic E-state index is 4.44. The summed E-state index contributed by atoms with van der Waals surface area (Å²) < 4.78 is 0. The fourth-order valence-corrected chi connectivity index (χ4v) is 4.46. The van der Waals surface area contributed by atoms with Crippen molar-refractivity contribution in [1.29, 1.82) is 0 Å². The quantitative estimate of drug-likeness (QED) is 0.141. The molecule has 0 aliphatic heterocycles. The fourth-order valence-electron chi connectivity index (χ4n) is 4.46. The van der Waals surface area contributed by atoms with Crippen LogP contribution >= 0.6 is 0 Å². The van der Waals surface area contributed by atoms with Gasteiger partial charge in [-0.3, -0.25) is 4.99 Å². The second-order valence-corrected chi connectivity index (χ2v) is 9.63. The molecule has 0 heterocycles. The molecule has 0 fully saturated rings. The second kappa shape index (κ2) is 21.3. The molecule has 0 amide bonds. The van der Waals surface area contributed by atoms with E-state index < -0.39 is 0 Å². The van der Waals surface area contributed by atoms with Crippen LogP contribution in [0.2, 0.25) is 0 Å². The highest BCUT2D eigenvalue weighted by Crippen LogP contribution is 2.35. The van der Waals surface area contributed by atoms with Gasteiger partial charge in [-0.2, -0.15) is 0 Å². The summed E-state index contributed by atoms with van der Waals surface area (Å²) in [4.78, 5) is 4.44. The van der Waals surface area contributed by atoms with E-state index in [1.807, 2.05) is 43.4 Å². The van der Waals surface area contributed by atoms with Gasteiger partial charge in [0, 0.05) is 6.20 Å². The van der Waals surface area contributed by atoms with Gasteiger partial charge in [0.15, 0.2) is 0 Å². The normalized spacial score (nSPS) is 19.8. The van der Waals surface area contributed by atoms with Crippen molar-refractivity contribution in [3.8, 4) is 0 Å². The lowest BCUT2D eigenvalue weighted by Crippen LogP contribution is -2.02. The van der Waals surface area contributed by atoms with Gasteiger partial charge in [0.25, 0.3) is 0 Å². The number of rotatable bonds is 15. The average Bonchev–Trinajstić information content (AvgIpc) is 2.97. The van der Waals surface area contributed by atoms with Crippen LogP contribution in [0.3, 0.4) is 0 Å². The molecule has 1 nitrogen and oxygen atoms in total. The molecule has 1 aliphatic carbocycles. The van der Waals surface area contributed by atoms with Crippen LogP contribution in [0.25, 0.3) is 0 Å². The molecule has 0 unspecified atom stereocenters. The van der Waals surface area contributed by atoms with Crippen molar-refractivity contribution in [2.24, 2.45) is 4.99 Å². The lowest BCUT2D eigenvalue weighted by molar-refractivity contribution is 0.895. The minimum atomic E-state index is 0.853. The molecule has 0 aromatic heterocycles. The highest BCUT2D eigenvalue weighted by Gasteiger charge is 2.16. The molecule has 1 aliphatic rings. The zero-order valence-electron chi connectivity index (χ0n) is 26.3. The Kier molecular flexibility index (Phi) is 18.0. The predicted octanol–water partition coefficient (Wildman–Crippen LogP) is 12.0. The van der Waals surface area contributed by atoms with Gasteiger partial charge in [0.1, 0.15) is 0 Å². The lowest BCUT2D eigenvalue weighted by Gasteiger charge is -2.21. The first kappa shape index (κ1) is 35.5. The summed E-state index contributed by atoms with van der Waals surface area (Å²) in [6, 6.07) is 0. The zero-order chi connectivity index (χ0) is 31.2. The molecule has 1 rings (SSSR count). The molecular formula is C41H49N. The summed E-state index contributed by atoms with van der Waals surface area (Å²) in [5, 5.41) is 0. The smallest absolute Gasteiger partial charge is 0.0698 e. The molecule has 0 aromatic carbocycles. The van der Waals surface area contributed by atoms with Crippen LogP contribution in [-0.2, 0) is 0 Å². The van der Waals surface area contributed by atoms with E-state index in [1.54, 1.807) is 18.4 Å². The highest BCUT2D eigenvalue weighted by molar-refractivity contribution is 6.10. The molecule has 0 bridgehead atoms. The minimum Gasteiger partial charge on any atom is -0.257 e. The van der Waals surface area contributed by atoms with Gasteiger partial charge >= 0.3 is 0 Å². The van der Waals surface area contributed by atoms with Gasteiger partial charge < -0.3 is 0 Å². The van der Waals surface area contributed by atoms with Crippen molar-refractivity contribution in [3.05, 3.63) is 193 Å². The number of aliphatic imine (C=N–C) groups is 1. The largest absolute Gasteiger partial charge is 0.257 e. The Morgan fingerprint density at radius 3 is 2.31 bits per heavy atom. The van der Waals surface area contributed by atoms with Gasteiger partial charge in [0.2, 0.25) is 0 Å². The van der Waals surface area contributed by atoms with Gasteiger partial charge in [-0.15, -0.1) is 0 Å². The summed E-state index contributed by atoms with van der Waals surface area (Å²) in [5.41, 5.74) is 9.70.